The molecule has 1 atom stereocenters. The van der Waals surface area contributed by atoms with Crippen LogP contribution in [0.1, 0.15) is 162 Å². The fourth-order valence-corrected chi connectivity index (χ4v) is 5.17. The van der Waals surface area contributed by atoms with E-state index in [0.29, 0.717) is 6.17 Å². The van der Waals surface area contributed by atoms with Crippen molar-refractivity contribution >= 4 is 0 Å². The van der Waals surface area contributed by atoms with Crippen LogP contribution in [0.5, 0.6) is 0 Å². The van der Waals surface area contributed by atoms with Crippen LogP contribution in [0.2, 0.25) is 0 Å². The van der Waals surface area contributed by atoms with Gasteiger partial charge in [0.2, 0.25) is 0 Å². The molecule has 0 fully saturated rings. The van der Waals surface area contributed by atoms with Crippen molar-refractivity contribution in [3.8, 4) is 0 Å². The molecule has 190 valence electrons. The van der Waals surface area contributed by atoms with Gasteiger partial charge in [0.15, 0.2) is 0 Å². The molecule has 0 bridgehead atoms. The zero-order valence-electron chi connectivity index (χ0n) is 22.6. The minimum Gasteiger partial charge on any atom is -0.359 e. The van der Waals surface area contributed by atoms with E-state index in [4.69, 9.17) is 0 Å². The highest BCUT2D eigenvalue weighted by Crippen LogP contribution is 2.21. The summed E-state index contributed by atoms with van der Waals surface area (Å²) in [6, 6.07) is 0. The van der Waals surface area contributed by atoms with Crippen LogP contribution in [-0.2, 0) is 0 Å². The first kappa shape index (κ1) is 29.4. The maximum absolute atomic E-state index is 2.61. The quantitative estimate of drug-likeness (QED) is 0.135. The predicted molar refractivity (Wildman–Crippen MR) is 145 cm³/mol. The van der Waals surface area contributed by atoms with Crippen LogP contribution in [-0.4, -0.2) is 29.6 Å². The molecule has 0 aromatic heterocycles. The van der Waals surface area contributed by atoms with Gasteiger partial charge in [0, 0.05) is 26.0 Å². The average molecular weight is 449 g/mol. The Kier molecular flexibility index (Phi) is 20.3. The lowest BCUT2D eigenvalue weighted by molar-refractivity contribution is 0.159. The molecule has 0 amide bonds. The first-order valence-corrected chi connectivity index (χ1v) is 15.0. The van der Waals surface area contributed by atoms with E-state index in [1.165, 1.54) is 154 Å². The highest BCUT2D eigenvalue weighted by molar-refractivity contribution is 4.95. The number of nitrogens with zero attached hydrogens (tertiary/aromatic N) is 2. The van der Waals surface area contributed by atoms with Crippen molar-refractivity contribution in [2.75, 3.05) is 13.6 Å². The molecule has 0 saturated carbocycles. The molecule has 1 aliphatic rings. The van der Waals surface area contributed by atoms with E-state index in [2.05, 4.69) is 43.1 Å². The molecule has 0 aromatic rings. The molecule has 1 rings (SSSR count). The zero-order chi connectivity index (χ0) is 23.1. The first-order chi connectivity index (χ1) is 15.8. The van der Waals surface area contributed by atoms with E-state index in [-0.39, 0.29) is 0 Å². The van der Waals surface area contributed by atoms with Crippen molar-refractivity contribution in [3.05, 3.63) is 12.4 Å². The summed E-state index contributed by atoms with van der Waals surface area (Å²) >= 11 is 0. The van der Waals surface area contributed by atoms with Crippen LogP contribution >= 0.6 is 0 Å². The predicted octanol–water partition coefficient (Wildman–Crippen LogP) is 10.0. The third-order valence-corrected chi connectivity index (χ3v) is 7.43. The van der Waals surface area contributed by atoms with Crippen LogP contribution in [0.3, 0.4) is 0 Å². The Balaban J connectivity index is 1.92. The molecule has 2 heteroatoms. The summed E-state index contributed by atoms with van der Waals surface area (Å²) in [6.07, 6.45) is 38.2. The second kappa shape index (κ2) is 22.1. The Labute approximate surface area is 203 Å². The van der Waals surface area contributed by atoms with Gasteiger partial charge < -0.3 is 9.80 Å². The lowest BCUT2D eigenvalue weighted by atomic mass is 10.0. The van der Waals surface area contributed by atoms with Crippen molar-refractivity contribution in [3.63, 3.8) is 0 Å². The Morgan fingerprint density at radius 2 is 0.844 bits per heavy atom. The van der Waals surface area contributed by atoms with Crippen molar-refractivity contribution in [1.82, 2.24) is 9.80 Å². The van der Waals surface area contributed by atoms with Gasteiger partial charge in [-0.2, -0.15) is 0 Å². The molecule has 1 aliphatic heterocycles. The molecule has 1 heterocycles. The molecule has 0 aliphatic carbocycles. The van der Waals surface area contributed by atoms with Gasteiger partial charge in [0.05, 0.1) is 0 Å². The molecule has 1 unspecified atom stereocenters. The minimum atomic E-state index is 0.622. The fraction of sp³-hybridized carbons (Fsp3) is 0.933. The van der Waals surface area contributed by atoms with Crippen molar-refractivity contribution in [2.24, 2.45) is 0 Å². The number of unbranched alkanes of at least 4 members (excludes halogenated alkanes) is 20. The second-order valence-corrected chi connectivity index (χ2v) is 10.5. The highest BCUT2D eigenvalue weighted by Gasteiger charge is 2.22. The van der Waals surface area contributed by atoms with E-state index in [1.807, 2.05) is 0 Å². The van der Waals surface area contributed by atoms with Gasteiger partial charge in [0.1, 0.15) is 6.17 Å². The minimum absolute atomic E-state index is 0.622. The summed E-state index contributed by atoms with van der Waals surface area (Å²) in [5.41, 5.74) is 0. The third-order valence-electron chi connectivity index (χ3n) is 7.43. The number of rotatable bonds is 24. The summed E-state index contributed by atoms with van der Waals surface area (Å²) in [5, 5.41) is 0. The van der Waals surface area contributed by atoms with Gasteiger partial charge in [-0.15, -0.1) is 0 Å². The average Bonchev–Trinajstić information content (AvgIpc) is 3.15. The van der Waals surface area contributed by atoms with Gasteiger partial charge in [0.25, 0.3) is 0 Å². The summed E-state index contributed by atoms with van der Waals surface area (Å²) in [5.74, 6) is 0. The van der Waals surface area contributed by atoms with Crippen LogP contribution in [0.25, 0.3) is 0 Å². The molecule has 0 spiro atoms. The van der Waals surface area contributed by atoms with Gasteiger partial charge in [-0.05, 0) is 19.3 Å². The van der Waals surface area contributed by atoms with E-state index >= 15 is 0 Å². The molecule has 2 nitrogen and oxygen atoms in total. The summed E-state index contributed by atoms with van der Waals surface area (Å²) < 4.78 is 0. The molecule has 32 heavy (non-hydrogen) atoms. The van der Waals surface area contributed by atoms with E-state index in [1.54, 1.807) is 0 Å². The van der Waals surface area contributed by atoms with Crippen molar-refractivity contribution in [1.29, 1.82) is 0 Å². The highest BCUT2D eigenvalue weighted by atomic mass is 15.4. The first-order valence-electron chi connectivity index (χ1n) is 15.0. The van der Waals surface area contributed by atoms with E-state index in [9.17, 15) is 0 Å². The Morgan fingerprint density at radius 1 is 0.469 bits per heavy atom. The number of hydrogen-bond acceptors (Lipinski definition) is 2. The topological polar surface area (TPSA) is 6.48 Å². The standard InChI is InChI=1S/C30H60N2/c1-4-6-8-10-12-14-15-16-17-19-21-23-25-27-32-29-28-31(3)30(32)26-24-22-20-18-13-11-9-7-5-2/h28-30H,4-27H2,1-3H3. The van der Waals surface area contributed by atoms with E-state index < -0.39 is 0 Å². The fourth-order valence-electron chi connectivity index (χ4n) is 5.17. The Hall–Kier alpha value is -0.660. The van der Waals surface area contributed by atoms with Crippen LogP contribution in [0.15, 0.2) is 12.4 Å². The molecule has 0 N–H and O–H groups in total. The Bertz CT molecular complexity index is 406. The molecule has 0 aromatic carbocycles. The molecule has 0 radical (unpaired) electrons. The number of hydrogen-bond donors (Lipinski definition) is 0. The maximum atomic E-state index is 2.61. The van der Waals surface area contributed by atoms with Crippen molar-refractivity contribution < 1.29 is 0 Å². The SMILES string of the molecule is CCCCCCCCCCCCCCCN1C=CN(C)C1CCCCCCCCCCC. The van der Waals surface area contributed by atoms with Gasteiger partial charge in [-0.3, -0.25) is 0 Å². The van der Waals surface area contributed by atoms with Crippen molar-refractivity contribution in [2.45, 2.75) is 168 Å². The van der Waals surface area contributed by atoms with Gasteiger partial charge in [-0.1, -0.05) is 142 Å². The largest absolute Gasteiger partial charge is 0.359 e. The summed E-state index contributed by atoms with van der Waals surface area (Å²) in [6.45, 7) is 5.86. The lowest BCUT2D eigenvalue weighted by Crippen LogP contribution is -2.37. The monoisotopic (exact) mass is 448 g/mol. The van der Waals surface area contributed by atoms with E-state index in [0.717, 1.165) is 0 Å². The molecular weight excluding hydrogens is 388 g/mol. The zero-order valence-corrected chi connectivity index (χ0v) is 22.6. The van der Waals surface area contributed by atoms with Gasteiger partial charge in [-0.25, -0.2) is 0 Å². The summed E-state index contributed by atoms with van der Waals surface area (Å²) in [7, 11) is 2.26. The second-order valence-electron chi connectivity index (χ2n) is 10.5. The van der Waals surface area contributed by atoms with Crippen LogP contribution in [0, 0.1) is 0 Å². The van der Waals surface area contributed by atoms with Crippen LogP contribution in [0.4, 0.5) is 0 Å². The normalized spacial score (nSPS) is 15.9. The Morgan fingerprint density at radius 3 is 1.28 bits per heavy atom. The van der Waals surface area contributed by atoms with Gasteiger partial charge >= 0.3 is 0 Å². The summed E-state index contributed by atoms with van der Waals surface area (Å²) in [4.78, 5) is 5.05. The lowest BCUT2D eigenvalue weighted by Gasteiger charge is -2.30. The maximum Gasteiger partial charge on any atom is 0.100 e. The van der Waals surface area contributed by atoms with Crippen LogP contribution < -0.4 is 0 Å². The molecule has 0 saturated heterocycles. The molecular formula is C30H60N2. The third kappa shape index (κ3) is 16.0. The smallest absolute Gasteiger partial charge is 0.100 e.